The van der Waals surface area contributed by atoms with Gasteiger partial charge in [0.05, 0.1) is 29.0 Å². The van der Waals surface area contributed by atoms with Gasteiger partial charge in [-0.15, -0.1) is 0 Å². The number of thiazole rings is 1. The number of furan rings is 1. The molecule has 0 unspecified atom stereocenters. The van der Waals surface area contributed by atoms with Gasteiger partial charge in [-0.1, -0.05) is 27.3 Å². The van der Waals surface area contributed by atoms with Gasteiger partial charge in [-0.05, 0) is 75.9 Å². The third kappa shape index (κ3) is 5.70. The molecular weight excluding hydrogens is 616 g/mol. The molecule has 0 N–H and O–H groups in total. The highest BCUT2D eigenvalue weighted by Gasteiger charge is 2.35. The largest absolute Gasteiger partial charge is 0.496 e. The third-order valence-electron chi connectivity index (χ3n) is 5.91. The SMILES string of the molecule is COc1ccc(Br)cc1[C@@H]1C(C(=O)OC(C)C)=C(C)N=c2s/c(=C\c3ccc(Sc4nccc(C)n4)o3)c(=O)n21. The third-order valence-corrected chi connectivity index (χ3v) is 8.19. The number of hydrogen-bond donors (Lipinski definition) is 0. The molecule has 12 heteroatoms. The maximum Gasteiger partial charge on any atom is 0.338 e. The minimum absolute atomic E-state index is 0.277. The molecule has 4 aromatic rings. The predicted octanol–water partition coefficient (Wildman–Crippen LogP) is 4.80. The van der Waals surface area contributed by atoms with Crippen molar-refractivity contribution in [2.24, 2.45) is 4.99 Å². The van der Waals surface area contributed by atoms with Gasteiger partial charge in [0.15, 0.2) is 15.1 Å². The molecule has 206 valence electrons. The Morgan fingerprint density at radius 3 is 2.75 bits per heavy atom. The van der Waals surface area contributed by atoms with Crippen LogP contribution in [-0.4, -0.2) is 33.7 Å². The fourth-order valence-corrected chi connectivity index (χ4v) is 6.40. The van der Waals surface area contributed by atoms with E-state index >= 15 is 0 Å². The Hall–Kier alpha value is -3.48. The summed E-state index contributed by atoms with van der Waals surface area (Å²) >= 11 is 6.03. The van der Waals surface area contributed by atoms with E-state index in [-0.39, 0.29) is 17.2 Å². The fraction of sp³-hybridized carbons (Fsp3) is 0.250. The van der Waals surface area contributed by atoms with Crippen LogP contribution in [0.1, 0.15) is 43.8 Å². The number of benzene rings is 1. The number of carbonyl (C=O) groups is 1. The Kier molecular flexibility index (Phi) is 8.11. The van der Waals surface area contributed by atoms with Crippen LogP contribution in [0.15, 0.2) is 82.8 Å². The van der Waals surface area contributed by atoms with Crippen LogP contribution < -0.4 is 19.6 Å². The van der Waals surface area contributed by atoms with Gasteiger partial charge in [-0.3, -0.25) is 9.36 Å². The van der Waals surface area contributed by atoms with Gasteiger partial charge >= 0.3 is 5.97 Å². The van der Waals surface area contributed by atoms with Gasteiger partial charge in [0.1, 0.15) is 17.6 Å². The summed E-state index contributed by atoms with van der Waals surface area (Å²) < 4.78 is 19.9. The average molecular weight is 642 g/mol. The summed E-state index contributed by atoms with van der Waals surface area (Å²) in [7, 11) is 1.55. The highest BCUT2D eigenvalue weighted by Crippen LogP contribution is 2.37. The summed E-state index contributed by atoms with van der Waals surface area (Å²) in [6, 6.07) is 10.1. The number of hydrogen-bond acceptors (Lipinski definition) is 10. The van der Waals surface area contributed by atoms with E-state index in [1.54, 1.807) is 58.4 Å². The average Bonchev–Trinajstić information content (AvgIpc) is 3.46. The molecule has 1 atom stereocenters. The fourth-order valence-electron chi connectivity index (χ4n) is 4.23. The van der Waals surface area contributed by atoms with E-state index in [1.807, 2.05) is 25.1 Å². The monoisotopic (exact) mass is 640 g/mol. The van der Waals surface area contributed by atoms with E-state index in [2.05, 4.69) is 30.9 Å². The lowest BCUT2D eigenvalue weighted by atomic mass is 9.95. The van der Waals surface area contributed by atoms with Crippen LogP contribution in [0, 0.1) is 6.92 Å². The summed E-state index contributed by atoms with van der Waals surface area (Å²) in [6.07, 6.45) is 3.02. The van der Waals surface area contributed by atoms with Crippen LogP contribution >= 0.6 is 39.0 Å². The Morgan fingerprint density at radius 2 is 2.02 bits per heavy atom. The van der Waals surface area contributed by atoms with Crippen molar-refractivity contribution in [3.8, 4) is 5.75 Å². The zero-order valence-corrected chi connectivity index (χ0v) is 25.5. The molecule has 3 aromatic heterocycles. The van der Waals surface area contributed by atoms with Gasteiger partial charge in [0.25, 0.3) is 5.56 Å². The topological polar surface area (TPSA) is 109 Å². The number of aryl methyl sites for hydroxylation is 1. The molecule has 1 aromatic carbocycles. The molecule has 0 amide bonds. The summed E-state index contributed by atoms with van der Waals surface area (Å²) in [5.74, 6) is 0.481. The molecule has 4 heterocycles. The highest BCUT2D eigenvalue weighted by atomic mass is 79.9. The van der Waals surface area contributed by atoms with Gasteiger partial charge in [-0.25, -0.2) is 19.8 Å². The number of esters is 1. The second-order valence-corrected chi connectivity index (χ2v) is 12.1. The molecule has 5 rings (SSSR count). The highest BCUT2D eigenvalue weighted by molar-refractivity contribution is 9.10. The lowest BCUT2D eigenvalue weighted by Crippen LogP contribution is -2.40. The van der Waals surface area contributed by atoms with Gasteiger partial charge in [0, 0.05) is 28.0 Å². The molecule has 0 spiro atoms. The number of nitrogens with zero attached hydrogens (tertiary/aromatic N) is 4. The van der Waals surface area contributed by atoms with Crippen LogP contribution in [0.3, 0.4) is 0 Å². The van der Waals surface area contributed by atoms with Gasteiger partial charge < -0.3 is 13.9 Å². The lowest BCUT2D eigenvalue weighted by Gasteiger charge is -2.26. The first-order valence-electron chi connectivity index (χ1n) is 12.3. The van der Waals surface area contributed by atoms with Crippen molar-refractivity contribution < 1.29 is 18.7 Å². The van der Waals surface area contributed by atoms with Crippen molar-refractivity contribution >= 4 is 51.1 Å². The first kappa shape index (κ1) is 28.1. The maximum absolute atomic E-state index is 13.9. The molecular formula is C28H25BrN4O5S2. The minimum Gasteiger partial charge on any atom is -0.496 e. The molecule has 0 fully saturated rings. The summed E-state index contributed by atoms with van der Waals surface area (Å²) in [5, 5.41) is 1.16. The summed E-state index contributed by atoms with van der Waals surface area (Å²) in [5.41, 5.74) is 1.92. The number of carbonyl (C=O) groups excluding carboxylic acids is 1. The van der Waals surface area contributed by atoms with E-state index in [9.17, 15) is 9.59 Å². The summed E-state index contributed by atoms with van der Waals surface area (Å²) in [4.78, 5) is 41.0. The lowest BCUT2D eigenvalue weighted by molar-refractivity contribution is -0.143. The van der Waals surface area contributed by atoms with Crippen LogP contribution in [0.2, 0.25) is 0 Å². The zero-order chi connectivity index (χ0) is 28.6. The van der Waals surface area contributed by atoms with E-state index in [0.29, 0.717) is 42.4 Å². The molecule has 0 bridgehead atoms. The Morgan fingerprint density at radius 1 is 1.23 bits per heavy atom. The molecule has 0 aliphatic carbocycles. The first-order chi connectivity index (χ1) is 19.1. The Bertz CT molecular complexity index is 1820. The molecule has 0 saturated carbocycles. The number of ether oxygens (including phenoxy) is 2. The predicted molar refractivity (Wildman–Crippen MR) is 155 cm³/mol. The number of fused-ring (bicyclic) bond motifs is 1. The zero-order valence-electron chi connectivity index (χ0n) is 22.3. The summed E-state index contributed by atoms with van der Waals surface area (Å²) in [6.45, 7) is 7.19. The van der Waals surface area contributed by atoms with Crippen LogP contribution in [0.25, 0.3) is 6.08 Å². The standard InChI is InChI=1S/C28H25BrN4O5S2/c1-14(2)37-26(35)23-16(4)32-28-33(24(23)19-12-17(29)6-8-20(19)36-5)25(34)21(39-28)13-18-7-9-22(38-18)40-27-30-11-10-15(3)31-27/h6-14,24H,1-5H3/b21-13-/t24-/m1/s1. The maximum atomic E-state index is 13.9. The Balaban J connectivity index is 1.62. The molecule has 0 radical (unpaired) electrons. The number of allylic oxidation sites excluding steroid dienone is 1. The normalized spacial score (nSPS) is 15.3. The number of methoxy groups -OCH3 is 1. The molecule has 9 nitrogen and oxygen atoms in total. The van der Waals surface area contributed by atoms with Crippen molar-refractivity contribution in [1.29, 1.82) is 0 Å². The van der Waals surface area contributed by atoms with Gasteiger partial charge in [-0.2, -0.15) is 0 Å². The van der Waals surface area contributed by atoms with Crippen molar-refractivity contribution in [2.45, 2.75) is 50.1 Å². The van der Waals surface area contributed by atoms with E-state index in [4.69, 9.17) is 13.9 Å². The molecule has 0 saturated heterocycles. The first-order valence-corrected chi connectivity index (χ1v) is 14.7. The van der Waals surface area contributed by atoms with E-state index in [1.165, 1.54) is 27.7 Å². The van der Waals surface area contributed by atoms with Crippen molar-refractivity contribution in [3.63, 3.8) is 0 Å². The number of rotatable bonds is 7. The van der Waals surface area contributed by atoms with E-state index < -0.39 is 12.0 Å². The second kappa shape index (κ2) is 11.6. The molecule has 1 aliphatic heterocycles. The molecule has 40 heavy (non-hydrogen) atoms. The van der Waals surface area contributed by atoms with Crippen molar-refractivity contribution in [1.82, 2.24) is 14.5 Å². The van der Waals surface area contributed by atoms with E-state index in [0.717, 1.165) is 10.2 Å². The van der Waals surface area contributed by atoms with Crippen molar-refractivity contribution in [3.05, 3.63) is 95.0 Å². The second-order valence-electron chi connectivity index (χ2n) is 9.16. The number of halogens is 1. The van der Waals surface area contributed by atoms with Crippen LogP contribution in [0.5, 0.6) is 5.75 Å². The van der Waals surface area contributed by atoms with Crippen LogP contribution in [-0.2, 0) is 9.53 Å². The minimum atomic E-state index is -0.807. The van der Waals surface area contributed by atoms with Gasteiger partial charge in [0.2, 0.25) is 0 Å². The van der Waals surface area contributed by atoms with Crippen LogP contribution in [0.4, 0.5) is 0 Å². The number of aromatic nitrogens is 3. The van der Waals surface area contributed by atoms with Crippen molar-refractivity contribution in [2.75, 3.05) is 7.11 Å². The Labute approximate surface area is 246 Å². The molecule has 1 aliphatic rings. The smallest absolute Gasteiger partial charge is 0.338 e. The quantitative estimate of drug-likeness (QED) is 0.209.